The first-order valence-electron chi connectivity index (χ1n) is 5.01. The Morgan fingerprint density at radius 3 is 2.67 bits per heavy atom. The Kier molecular flexibility index (Phi) is 4.85. The number of carbonyl (C=O) groups excluding carboxylic acids is 1. The highest BCUT2D eigenvalue weighted by Crippen LogP contribution is 2.19. The van der Waals surface area contributed by atoms with Crippen molar-refractivity contribution < 1.29 is 27.9 Å². The fourth-order valence-corrected chi connectivity index (χ4v) is 3.42. The molecule has 0 amide bonds. The number of carbonyl (C=O) groups is 2. The van der Waals surface area contributed by atoms with Crippen LogP contribution in [0.1, 0.15) is 22.2 Å². The summed E-state index contributed by atoms with van der Waals surface area (Å²) in [5, 5.41) is 10.3. The molecule has 0 aromatic carbocycles. The molecule has 6 nitrogen and oxygen atoms in total. The third-order valence-electron chi connectivity index (χ3n) is 1.96. The first-order valence-corrected chi connectivity index (χ1v) is 7.71. The molecular weight excluding hydrogens is 280 g/mol. The van der Waals surface area contributed by atoms with Gasteiger partial charge in [0.25, 0.3) is 0 Å². The SMILES string of the molecule is CCOC(=O)CS(=O)(=O)Cc1ccsc1C(=O)O. The molecule has 0 spiro atoms. The number of carboxylic acids is 1. The van der Waals surface area contributed by atoms with Gasteiger partial charge in [-0.15, -0.1) is 11.3 Å². The van der Waals surface area contributed by atoms with Crippen LogP contribution in [0.3, 0.4) is 0 Å². The molecule has 100 valence electrons. The lowest BCUT2D eigenvalue weighted by molar-refractivity contribution is -0.139. The van der Waals surface area contributed by atoms with Crippen molar-refractivity contribution in [3.63, 3.8) is 0 Å². The van der Waals surface area contributed by atoms with Crippen LogP contribution in [0, 0.1) is 0 Å². The van der Waals surface area contributed by atoms with Crippen molar-refractivity contribution in [2.45, 2.75) is 12.7 Å². The van der Waals surface area contributed by atoms with E-state index in [0.29, 0.717) is 0 Å². The Morgan fingerprint density at radius 1 is 1.44 bits per heavy atom. The van der Waals surface area contributed by atoms with Gasteiger partial charge in [-0.2, -0.15) is 0 Å². The number of hydrogen-bond donors (Lipinski definition) is 1. The van der Waals surface area contributed by atoms with Crippen molar-refractivity contribution in [1.29, 1.82) is 0 Å². The van der Waals surface area contributed by atoms with Crippen LogP contribution in [0.2, 0.25) is 0 Å². The van der Waals surface area contributed by atoms with Gasteiger partial charge in [0, 0.05) is 0 Å². The third-order valence-corrected chi connectivity index (χ3v) is 4.33. The molecule has 0 fully saturated rings. The number of thiophene rings is 1. The number of rotatable bonds is 6. The molecule has 0 unspecified atom stereocenters. The Hall–Kier alpha value is -1.41. The highest BCUT2D eigenvalue weighted by atomic mass is 32.2. The van der Waals surface area contributed by atoms with Crippen molar-refractivity contribution in [2.75, 3.05) is 12.4 Å². The van der Waals surface area contributed by atoms with Gasteiger partial charge in [-0.05, 0) is 23.9 Å². The second-order valence-corrected chi connectivity index (χ2v) is 6.40. The maximum atomic E-state index is 11.7. The summed E-state index contributed by atoms with van der Waals surface area (Å²) < 4.78 is 27.9. The molecule has 0 saturated heterocycles. The standard InChI is InChI=1S/C10H12O6S2/c1-2-16-8(11)6-18(14,15)5-7-3-4-17-9(7)10(12)13/h3-4H,2,5-6H2,1H3,(H,12,13). The van der Waals surface area contributed by atoms with E-state index in [1.54, 1.807) is 6.92 Å². The average Bonchev–Trinajstić information content (AvgIpc) is 2.63. The molecule has 1 aromatic heterocycles. The van der Waals surface area contributed by atoms with Crippen LogP contribution < -0.4 is 0 Å². The van der Waals surface area contributed by atoms with Gasteiger partial charge >= 0.3 is 11.9 Å². The van der Waals surface area contributed by atoms with Crippen LogP contribution in [0.15, 0.2) is 11.4 Å². The van der Waals surface area contributed by atoms with Crippen molar-refractivity contribution >= 4 is 33.1 Å². The van der Waals surface area contributed by atoms with E-state index in [-0.39, 0.29) is 17.0 Å². The summed E-state index contributed by atoms with van der Waals surface area (Å²) in [5.41, 5.74) is 0.191. The van der Waals surface area contributed by atoms with Gasteiger partial charge in [-0.1, -0.05) is 0 Å². The van der Waals surface area contributed by atoms with Crippen LogP contribution >= 0.6 is 11.3 Å². The minimum atomic E-state index is -3.71. The summed E-state index contributed by atoms with van der Waals surface area (Å²) in [6, 6.07) is 1.43. The lowest BCUT2D eigenvalue weighted by Gasteiger charge is -2.04. The topological polar surface area (TPSA) is 97.7 Å². The molecule has 0 saturated carbocycles. The maximum Gasteiger partial charge on any atom is 0.346 e. The van der Waals surface area contributed by atoms with Gasteiger partial charge in [0.15, 0.2) is 9.84 Å². The normalized spacial score (nSPS) is 11.2. The molecule has 0 bridgehead atoms. The van der Waals surface area contributed by atoms with E-state index in [0.717, 1.165) is 11.3 Å². The Balaban J connectivity index is 2.80. The summed E-state index contributed by atoms with van der Waals surface area (Å²) in [6.45, 7) is 1.68. The summed E-state index contributed by atoms with van der Waals surface area (Å²) in [6.07, 6.45) is 0. The zero-order valence-electron chi connectivity index (χ0n) is 9.58. The lowest BCUT2D eigenvalue weighted by Crippen LogP contribution is -2.20. The van der Waals surface area contributed by atoms with Gasteiger partial charge in [-0.3, -0.25) is 4.79 Å². The molecule has 18 heavy (non-hydrogen) atoms. The number of carboxylic acid groups (broad SMARTS) is 1. The largest absolute Gasteiger partial charge is 0.477 e. The van der Waals surface area contributed by atoms with E-state index in [2.05, 4.69) is 4.74 Å². The van der Waals surface area contributed by atoms with Crippen molar-refractivity contribution in [1.82, 2.24) is 0 Å². The number of aromatic carboxylic acids is 1. The van der Waals surface area contributed by atoms with Crippen molar-refractivity contribution in [3.8, 4) is 0 Å². The Bertz CT molecular complexity index is 542. The minimum absolute atomic E-state index is 0.0255. The Morgan fingerprint density at radius 2 is 2.11 bits per heavy atom. The summed E-state index contributed by atoms with van der Waals surface area (Å²) in [7, 11) is -3.71. The fraction of sp³-hybridized carbons (Fsp3) is 0.400. The van der Waals surface area contributed by atoms with Crippen LogP contribution in [-0.4, -0.2) is 37.8 Å². The van der Waals surface area contributed by atoms with E-state index in [9.17, 15) is 18.0 Å². The molecule has 0 radical (unpaired) electrons. The molecule has 0 atom stereocenters. The smallest absolute Gasteiger partial charge is 0.346 e. The average molecular weight is 292 g/mol. The van der Waals surface area contributed by atoms with Gasteiger partial charge in [0.1, 0.15) is 10.6 Å². The first kappa shape index (κ1) is 14.7. The van der Waals surface area contributed by atoms with Crippen molar-refractivity contribution in [2.24, 2.45) is 0 Å². The number of hydrogen-bond acceptors (Lipinski definition) is 6. The zero-order valence-corrected chi connectivity index (χ0v) is 11.2. The van der Waals surface area contributed by atoms with Crippen LogP contribution in [0.4, 0.5) is 0 Å². The second kappa shape index (κ2) is 5.96. The summed E-state index contributed by atoms with van der Waals surface area (Å²) >= 11 is 0.947. The second-order valence-electron chi connectivity index (χ2n) is 3.42. The molecule has 0 aliphatic heterocycles. The van der Waals surface area contributed by atoms with E-state index >= 15 is 0 Å². The van der Waals surface area contributed by atoms with E-state index in [4.69, 9.17) is 5.11 Å². The van der Waals surface area contributed by atoms with Crippen LogP contribution in [-0.2, 0) is 25.1 Å². The van der Waals surface area contributed by atoms with E-state index in [1.807, 2.05) is 0 Å². The minimum Gasteiger partial charge on any atom is -0.477 e. The zero-order chi connectivity index (χ0) is 13.8. The number of ether oxygens (including phenoxy) is 1. The third kappa shape index (κ3) is 4.11. The summed E-state index contributed by atoms with van der Waals surface area (Å²) in [4.78, 5) is 21.9. The van der Waals surface area contributed by atoms with Crippen LogP contribution in [0.25, 0.3) is 0 Å². The predicted molar refractivity (Wildman–Crippen MR) is 65.4 cm³/mol. The quantitative estimate of drug-likeness (QED) is 0.783. The lowest BCUT2D eigenvalue weighted by atomic mass is 10.3. The predicted octanol–water partition coefficient (Wildman–Crippen LogP) is 0.924. The summed E-state index contributed by atoms with van der Waals surface area (Å²) in [5.74, 6) is -3.22. The molecule has 1 rings (SSSR count). The molecular formula is C10H12O6S2. The monoisotopic (exact) mass is 292 g/mol. The molecule has 0 aliphatic rings. The highest BCUT2D eigenvalue weighted by Gasteiger charge is 2.22. The Labute approximate surface area is 108 Å². The van der Waals surface area contributed by atoms with Gasteiger partial charge < -0.3 is 9.84 Å². The molecule has 0 aliphatic carbocycles. The first-order chi connectivity index (χ1) is 8.35. The molecule has 1 aromatic rings. The molecule has 8 heteroatoms. The molecule has 1 N–H and O–H groups in total. The number of sulfone groups is 1. The van der Waals surface area contributed by atoms with Crippen LogP contribution in [0.5, 0.6) is 0 Å². The number of esters is 1. The van der Waals surface area contributed by atoms with Gasteiger partial charge in [0.05, 0.1) is 12.4 Å². The van der Waals surface area contributed by atoms with Crippen molar-refractivity contribution in [3.05, 3.63) is 21.9 Å². The molecule has 1 heterocycles. The maximum absolute atomic E-state index is 11.7. The van der Waals surface area contributed by atoms with Gasteiger partial charge in [0.2, 0.25) is 0 Å². The van der Waals surface area contributed by atoms with E-state index in [1.165, 1.54) is 11.4 Å². The van der Waals surface area contributed by atoms with E-state index < -0.39 is 33.3 Å². The van der Waals surface area contributed by atoms with Gasteiger partial charge in [-0.25, -0.2) is 13.2 Å². The highest BCUT2D eigenvalue weighted by molar-refractivity contribution is 7.91. The fourth-order valence-electron chi connectivity index (χ4n) is 1.31.